The van der Waals surface area contributed by atoms with Crippen LogP contribution in [0.3, 0.4) is 0 Å². The number of nitrogens with zero attached hydrogens (tertiary/aromatic N) is 1. The zero-order valence-corrected chi connectivity index (χ0v) is 12.6. The summed E-state index contributed by atoms with van der Waals surface area (Å²) in [5.41, 5.74) is 7.24. The zero-order chi connectivity index (χ0) is 14.4. The van der Waals surface area contributed by atoms with Crippen LogP contribution < -0.4 is 5.73 Å². The van der Waals surface area contributed by atoms with Crippen LogP contribution in [0.2, 0.25) is 0 Å². The van der Waals surface area contributed by atoms with Gasteiger partial charge in [-0.1, -0.05) is 26.0 Å². The lowest BCUT2D eigenvalue weighted by molar-refractivity contribution is 0.239. The molecule has 0 spiro atoms. The molecule has 1 aromatic carbocycles. The van der Waals surface area contributed by atoms with Crippen LogP contribution in [0.4, 0.5) is 4.39 Å². The fourth-order valence-corrected chi connectivity index (χ4v) is 2.02. The van der Waals surface area contributed by atoms with Crippen molar-refractivity contribution >= 4 is 0 Å². The van der Waals surface area contributed by atoms with E-state index in [4.69, 9.17) is 5.73 Å². The van der Waals surface area contributed by atoms with Gasteiger partial charge in [0, 0.05) is 12.1 Å². The van der Waals surface area contributed by atoms with Gasteiger partial charge in [-0.25, -0.2) is 4.39 Å². The van der Waals surface area contributed by atoms with Crippen LogP contribution in [-0.2, 0) is 6.42 Å². The molecule has 0 saturated heterocycles. The summed E-state index contributed by atoms with van der Waals surface area (Å²) in [7, 11) is 2.13. The van der Waals surface area contributed by atoms with Gasteiger partial charge in [-0.05, 0) is 57.0 Å². The van der Waals surface area contributed by atoms with Gasteiger partial charge in [-0.3, -0.25) is 0 Å². The molecule has 0 amide bonds. The number of hydrogen-bond donors (Lipinski definition) is 1. The van der Waals surface area contributed by atoms with Crippen LogP contribution in [0, 0.1) is 11.7 Å². The van der Waals surface area contributed by atoms with Crippen LogP contribution in [0.25, 0.3) is 0 Å². The standard InChI is InChI=1S/C16H27FN2/c1-12(2)16(18)9-10-19(4)13(3)11-14-5-7-15(17)8-6-14/h5-8,12-13,16H,9-11,18H2,1-4H3. The van der Waals surface area contributed by atoms with Crippen LogP contribution in [0.1, 0.15) is 32.8 Å². The van der Waals surface area contributed by atoms with Gasteiger partial charge in [0.1, 0.15) is 5.82 Å². The van der Waals surface area contributed by atoms with Gasteiger partial charge in [0.15, 0.2) is 0 Å². The summed E-state index contributed by atoms with van der Waals surface area (Å²) in [5, 5.41) is 0. The lowest BCUT2D eigenvalue weighted by atomic mass is 10.0. The van der Waals surface area contributed by atoms with Crippen molar-refractivity contribution < 1.29 is 4.39 Å². The van der Waals surface area contributed by atoms with Gasteiger partial charge in [-0.15, -0.1) is 0 Å². The zero-order valence-electron chi connectivity index (χ0n) is 12.6. The second-order valence-corrected chi connectivity index (χ2v) is 5.86. The van der Waals surface area contributed by atoms with E-state index in [0.717, 1.165) is 19.4 Å². The van der Waals surface area contributed by atoms with E-state index in [1.165, 1.54) is 17.7 Å². The molecule has 2 N–H and O–H groups in total. The maximum atomic E-state index is 12.8. The first-order valence-corrected chi connectivity index (χ1v) is 7.10. The van der Waals surface area contributed by atoms with E-state index < -0.39 is 0 Å². The number of benzene rings is 1. The number of rotatable bonds is 7. The molecule has 1 rings (SSSR count). The highest BCUT2D eigenvalue weighted by Crippen LogP contribution is 2.10. The molecule has 108 valence electrons. The monoisotopic (exact) mass is 266 g/mol. The molecule has 19 heavy (non-hydrogen) atoms. The van der Waals surface area contributed by atoms with Gasteiger partial charge in [-0.2, -0.15) is 0 Å². The molecule has 0 radical (unpaired) electrons. The Kier molecular flexibility index (Phi) is 6.46. The molecule has 0 aliphatic rings. The van der Waals surface area contributed by atoms with E-state index in [0.29, 0.717) is 12.0 Å². The van der Waals surface area contributed by atoms with Gasteiger partial charge in [0.25, 0.3) is 0 Å². The van der Waals surface area contributed by atoms with Crippen LogP contribution in [0.5, 0.6) is 0 Å². The summed E-state index contributed by atoms with van der Waals surface area (Å²) in [6.45, 7) is 7.52. The van der Waals surface area contributed by atoms with E-state index in [1.54, 1.807) is 0 Å². The Hall–Kier alpha value is -0.930. The third-order valence-corrected chi connectivity index (χ3v) is 3.87. The third kappa shape index (κ3) is 5.70. The summed E-state index contributed by atoms with van der Waals surface area (Å²) < 4.78 is 12.8. The molecular formula is C16H27FN2. The molecule has 0 aliphatic carbocycles. The van der Waals surface area contributed by atoms with E-state index in [-0.39, 0.29) is 11.9 Å². The minimum atomic E-state index is -0.173. The molecule has 1 aromatic rings. The predicted octanol–water partition coefficient (Wildman–Crippen LogP) is 3.06. The predicted molar refractivity (Wildman–Crippen MR) is 79.6 cm³/mol. The fourth-order valence-electron chi connectivity index (χ4n) is 2.02. The van der Waals surface area contributed by atoms with Crippen molar-refractivity contribution in [2.24, 2.45) is 11.7 Å². The van der Waals surface area contributed by atoms with Crippen LogP contribution in [0.15, 0.2) is 24.3 Å². The maximum Gasteiger partial charge on any atom is 0.123 e. The average Bonchev–Trinajstić information content (AvgIpc) is 2.37. The van der Waals surface area contributed by atoms with Crippen molar-refractivity contribution in [2.45, 2.75) is 45.7 Å². The van der Waals surface area contributed by atoms with E-state index in [9.17, 15) is 4.39 Å². The minimum absolute atomic E-state index is 0.173. The molecule has 2 atom stereocenters. The minimum Gasteiger partial charge on any atom is -0.327 e. The summed E-state index contributed by atoms with van der Waals surface area (Å²) in [6.07, 6.45) is 1.95. The van der Waals surface area contributed by atoms with Crippen molar-refractivity contribution in [3.8, 4) is 0 Å². The Balaban J connectivity index is 2.40. The Morgan fingerprint density at radius 3 is 2.26 bits per heavy atom. The summed E-state index contributed by atoms with van der Waals surface area (Å²) >= 11 is 0. The molecule has 0 heterocycles. The van der Waals surface area contributed by atoms with Crippen molar-refractivity contribution in [3.63, 3.8) is 0 Å². The second-order valence-electron chi connectivity index (χ2n) is 5.86. The number of nitrogens with two attached hydrogens (primary N) is 1. The summed E-state index contributed by atoms with van der Waals surface area (Å²) in [4.78, 5) is 2.32. The smallest absolute Gasteiger partial charge is 0.123 e. The highest BCUT2D eigenvalue weighted by atomic mass is 19.1. The van der Waals surface area contributed by atoms with Crippen LogP contribution in [-0.4, -0.2) is 30.6 Å². The van der Waals surface area contributed by atoms with Gasteiger partial charge in [0.05, 0.1) is 0 Å². The van der Waals surface area contributed by atoms with E-state index in [2.05, 4.69) is 32.7 Å². The van der Waals surface area contributed by atoms with Crippen molar-refractivity contribution in [1.29, 1.82) is 0 Å². The Labute approximate surface area is 116 Å². The molecule has 3 heteroatoms. The summed E-state index contributed by atoms with van der Waals surface area (Å²) in [6, 6.07) is 7.47. The fraction of sp³-hybridized carbons (Fsp3) is 0.625. The normalized spacial score (nSPS) is 14.9. The Morgan fingerprint density at radius 1 is 1.16 bits per heavy atom. The maximum absolute atomic E-state index is 12.8. The molecule has 0 fully saturated rings. The van der Waals surface area contributed by atoms with Crippen LogP contribution >= 0.6 is 0 Å². The Bertz CT molecular complexity index is 362. The first-order valence-electron chi connectivity index (χ1n) is 7.10. The largest absolute Gasteiger partial charge is 0.327 e. The van der Waals surface area contributed by atoms with Crippen molar-refractivity contribution in [1.82, 2.24) is 4.90 Å². The lowest BCUT2D eigenvalue weighted by Crippen LogP contribution is -2.36. The third-order valence-electron chi connectivity index (χ3n) is 3.87. The number of halogens is 1. The van der Waals surface area contributed by atoms with Gasteiger partial charge in [0.2, 0.25) is 0 Å². The molecule has 2 nitrogen and oxygen atoms in total. The summed E-state index contributed by atoms with van der Waals surface area (Å²) in [5.74, 6) is 0.355. The quantitative estimate of drug-likeness (QED) is 0.822. The lowest BCUT2D eigenvalue weighted by Gasteiger charge is -2.27. The number of hydrogen-bond acceptors (Lipinski definition) is 2. The SMILES string of the molecule is CC(C)C(N)CCN(C)C(C)Cc1ccc(F)cc1. The molecule has 2 unspecified atom stereocenters. The first-order chi connectivity index (χ1) is 8.90. The highest BCUT2D eigenvalue weighted by Gasteiger charge is 2.13. The molecule has 0 bridgehead atoms. The second kappa shape index (κ2) is 7.61. The van der Waals surface area contributed by atoms with Gasteiger partial charge < -0.3 is 10.6 Å². The topological polar surface area (TPSA) is 29.3 Å². The highest BCUT2D eigenvalue weighted by molar-refractivity contribution is 5.17. The first kappa shape index (κ1) is 16.1. The van der Waals surface area contributed by atoms with Crippen molar-refractivity contribution in [3.05, 3.63) is 35.6 Å². The Morgan fingerprint density at radius 2 is 1.74 bits per heavy atom. The van der Waals surface area contributed by atoms with Crippen molar-refractivity contribution in [2.75, 3.05) is 13.6 Å². The van der Waals surface area contributed by atoms with E-state index in [1.807, 2.05) is 12.1 Å². The molecule has 0 aromatic heterocycles. The average molecular weight is 266 g/mol. The molecule has 0 saturated carbocycles. The molecular weight excluding hydrogens is 239 g/mol. The number of likely N-dealkylation sites (N-methyl/N-ethyl adjacent to an activating group) is 1. The van der Waals surface area contributed by atoms with Gasteiger partial charge >= 0.3 is 0 Å². The van der Waals surface area contributed by atoms with E-state index >= 15 is 0 Å². The molecule has 0 aliphatic heterocycles.